The van der Waals surface area contributed by atoms with Crippen LogP contribution in [0.4, 0.5) is 0 Å². The predicted molar refractivity (Wildman–Crippen MR) is 73.6 cm³/mol. The third kappa shape index (κ3) is 3.31. The molecule has 2 rings (SSSR count). The van der Waals surface area contributed by atoms with Crippen LogP contribution in [-0.4, -0.2) is 52.8 Å². The molecular weight excluding hydrogens is 256 g/mol. The van der Waals surface area contributed by atoms with Gasteiger partial charge in [0.05, 0.1) is 4.08 Å². The number of thioether (sulfide) groups is 2. The standard InChI is InChI=1S/C11H18N2O2S2/c1-15-12-9-10(14)13-5-2-3-11(4-6-13)16-7-8-17-11/h9H,2-8H2,1H3/b12-9+. The van der Waals surface area contributed by atoms with Gasteiger partial charge < -0.3 is 9.74 Å². The minimum absolute atomic E-state index is 0.0307. The quantitative estimate of drug-likeness (QED) is 0.569. The molecule has 0 aromatic carbocycles. The van der Waals surface area contributed by atoms with E-state index in [4.69, 9.17) is 0 Å². The average Bonchev–Trinajstić information content (AvgIpc) is 2.68. The van der Waals surface area contributed by atoms with E-state index in [0.29, 0.717) is 4.08 Å². The Balaban J connectivity index is 1.91. The van der Waals surface area contributed by atoms with Crippen molar-refractivity contribution in [3.8, 4) is 0 Å². The number of hydrogen-bond acceptors (Lipinski definition) is 5. The van der Waals surface area contributed by atoms with Crippen molar-refractivity contribution in [1.82, 2.24) is 4.90 Å². The first-order valence-corrected chi connectivity index (χ1v) is 7.86. The third-order valence-electron chi connectivity index (χ3n) is 3.14. The Morgan fingerprint density at radius 2 is 2.12 bits per heavy atom. The zero-order chi connectivity index (χ0) is 12.1. The van der Waals surface area contributed by atoms with Gasteiger partial charge in [-0.3, -0.25) is 4.79 Å². The van der Waals surface area contributed by atoms with Crippen LogP contribution in [0.5, 0.6) is 0 Å². The maximum Gasteiger partial charge on any atom is 0.268 e. The first-order chi connectivity index (χ1) is 8.26. The zero-order valence-corrected chi connectivity index (χ0v) is 11.7. The number of rotatable bonds is 2. The lowest BCUT2D eigenvalue weighted by Gasteiger charge is -2.25. The summed E-state index contributed by atoms with van der Waals surface area (Å²) in [6, 6.07) is 0. The molecular formula is C11H18N2O2S2. The van der Waals surface area contributed by atoms with Gasteiger partial charge in [0.25, 0.3) is 5.91 Å². The number of likely N-dealkylation sites (tertiary alicyclic amines) is 1. The minimum atomic E-state index is -0.0307. The molecule has 0 aromatic heterocycles. The molecule has 2 aliphatic rings. The lowest BCUT2D eigenvalue weighted by atomic mass is 10.2. The van der Waals surface area contributed by atoms with E-state index >= 15 is 0 Å². The Labute approximate surface area is 111 Å². The maximum atomic E-state index is 11.8. The van der Waals surface area contributed by atoms with Gasteiger partial charge in [0, 0.05) is 24.6 Å². The molecule has 0 aromatic rings. The summed E-state index contributed by atoms with van der Waals surface area (Å²) in [4.78, 5) is 18.2. The summed E-state index contributed by atoms with van der Waals surface area (Å²) in [5.41, 5.74) is 0. The van der Waals surface area contributed by atoms with Crippen LogP contribution < -0.4 is 0 Å². The average molecular weight is 274 g/mol. The van der Waals surface area contributed by atoms with Crippen LogP contribution in [0.1, 0.15) is 19.3 Å². The Kier molecular flexibility index (Phi) is 4.62. The van der Waals surface area contributed by atoms with Crippen LogP contribution in [0.2, 0.25) is 0 Å². The molecule has 2 saturated heterocycles. The van der Waals surface area contributed by atoms with Crippen LogP contribution in [-0.2, 0) is 9.63 Å². The van der Waals surface area contributed by atoms with Crippen molar-refractivity contribution < 1.29 is 9.63 Å². The van der Waals surface area contributed by atoms with E-state index < -0.39 is 0 Å². The minimum Gasteiger partial charge on any atom is -0.399 e. The molecule has 96 valence electrons. The second-order valence-electron chi connectivity index (χ2n) is 4.20. The fourth-order valence-electron chi connectivity index (χ4n) is 2.27. The van der Waals surface area contributed by atoms with E-state index in [9.17, 15) is 4.79 Å². The molecule has 0 aliphatic carbocycles. The summed E-state index contributed by atoms with van der Waals surface area (Å²) in [5.74, 6) is 2.48. The highest BCUT2D eigenvalue weighted by atomic mass is 32.2. The largest absolute Gasteiger partial charge is 0.399 e. The summed E-state index contributed by atoms with van der Waals surface area (Å²) in [5, 5.41) is 3.54. The molecule has 0 atom stereocenters. The van der Waals surface area contributed by atoms with E-state index in [-0.39, 0.29) is 5.91 Å². The molecule has 2 fully saturated rings. The number of carbonyl (C=O) groups excluding carboxylic acids is 1. The SMILES string of the molecule is CO/N=C/C(=O)N1CCCC2(CC1)SCCS2. The topological polar surface area (TPSA) is 41.9 Å². The first-order valence-electron chi connectivity index (χ1n) is 5.89. The van der Waals surface area contributed by atoms with Crippen molar-refractivity contribution in [3.63, 3.8) is 0 Å². The van der Waals surface area contributed by atoms with Gasteiger partial charge in [-0.25, -0.2) is 0 Å². The second kappa shape index (κ2) is 6.00. The summed E-state index contributed by atoms with van der Waals surface area (Å²) in [6.07, 6.45) is 4.67. The van der Waals surface area contributed by atoms with Gasteiger partial charge in [-0.15, -0.1) is 23.5 Å². The molecule has 0 unspecified atom stereocenters. The first kappa shape index (κ1) is 13.1. The van der Waals surface area contributed by atoms with E-state index in [0.717, 1.165) is 25.9 Å². The Hall–Kier alpha value is -0.360. The van der Waals surface area contributed by atoms with Gasteiger partial charge >= 0.3 is 0 Å². The lowest BCUT2D eigenvalue weighted by Crippen LogP contribution is -2.33. The van der Waals surface area contributed by atoms with Gasteiger partial charge in [-0.2, -0.15) is 0 Å². The maximum absolute atomic E-state index is 11.8. The molecule has 1 spiro atoms. The third-order valence-corrected chi connectivity index (χ3v) is 6.79. The molecule has 2 heterocycles. The fourth-order valence-corrected chi connectivity index (χ4v) is 5.56. The molecule has 0 bridgehead atoms. The van der Waals surface area contributed by atoms with Crippen molar-refractivity contribution in [2.45, 2.75) is 23.3 Å². The van der Waals surface area contributed by atoms with Crippen LogP contribution in [0, 0.1) is 0 Å². The van der Waals surface area contributed by atoms with Gasteiger partial charge in [0.15, 0.2) is 0 Å². The number of carbonyl (C=O) groups is 1. The summed E-state index contributed by atoms with van der Waals surface area (Å²) >= 11 is 4.15. The molecule has 6 heteroatoms. The Morgan fingerprint density at radius 3 is 2.82 bits per heavy atom. The van der Waals surface area contributed by atoms with Crippen LogP contribution in [0.15, 0.2) is 5.16 Å². The summed E-state index contributed by atoms with van der Waals surface area (Å²) in [6.45, 7) is 1.69. The number of oxime groups is 1. The summed E-state index contributed by atoms with van der Waals surface area (Å²) in [7, 11) is 1.45. The van der Waals surface area contributed by atoms with Crippen molar-refractivity contribution in [1.29, 1.82) is 0 Å². The highest BCUT2D eigenvalue weighted by Crippen LogP contribution is 2.50. The predicted octanol–water partition coefficient (Wildman–Crippen LogP) is 1.81. The smallest absolute Gasteiger partial charge is 0.268 e. The molecule has 0 radical (unpaired) electrons. The zero-order valence-electron chi connectivity index (χ0n) is 10.1. The van der Waals surface area contributed by atoms with Gasteiger partial charge in [-0.1, -0.05) is 5.16 Å². The van der Waals surface area contributed by atoms with Crippen molar-refractivity contribution >= 4 is 35.6 Å². The van der Waals surface area contributed by atoms with E-state index in [1.807, 2.05) is 4.90 Å². The summed E-state index contributed by atoms with van der Waals surface area (Å²) < 4.78 is 0.382. The van der Waals surface area contributed by atoms with Crippen molar-refractivity contribution in [2.75, 3.05) is 31.7 Å². The highest BCUT2D eigenvalue weighted by molar-refractivity contribution is 8.21. The van der Waals surface area contributed by atoms with Gasteiger partial charge in [0.1, 0.15) is 13.3 Å². The number of nitrogens with zero attached hydrogens (tertiary/aromatic N) is 2. The van der Waals surface area contributed by atoms with Gasteiger partial charge in [0.2, 0.25) is 0 Å². The van der Waals surface area contributed by atoms with Crippen molar-refractivity contribution in [2.24, 2.45) is 5.16 Å². The van der Waals surface area contributed by atoms with E-state index in [1.165, 1.54) is 31.3 Å². The van der Waals surface area contributed by atoms with Crippen LogP contribution in [0.3, 0.4) is 0 Å². The molecule has 2 aliphatic heterocycles. The number of amides is 1. The van der Waals surface area contributed by atoms with E-state index in [1.54, 1.807) is 0 Å². The van der Waals surface area contributed by atoms with Gasteiger partial charge in [-0.05, 0) is 19.3 Å². The number of hydrogen-bond donors (Lipinski definition) is 0. The molecule has 17 heavy (non-hydrogen) atoms. The van der Waals surface area contributed by atoms with Crippen molar-refractivity contribution in [3.05, 3.63) is 0 Å². The Morgan fingerprint density at radius 1 is 1.35 bits per heavy atom. The lowest BCUT2D eigenvalue weighted by molar-refractivity contribution is -0.123. The fraction of sp³-hybridized carbons (Fsp3) is 0.818. The molecule has 0 N–H and O–H groups in total. The molecule has 1 amide bonds. The highest BCUT2D eigenvalue weighted by Gasteiger charge is 2.37. The van der Waals surface area contributed by atoms with E-state index in [2.05, 4.69) is 33.5 Å². The second-order valence-corrected chi connectivity index (χ2v) is 7.42. The monoisotopic (exact) mass is 274 g/mol. The molecule has 0 saturated carbocycles. The van der Waals surface area contributed by atoms with Crippen LogP contribution in [0.25, 0.3) is 0 Å². The normalized spacial score (nSPS) is 24.2. The Bertz CT molecular complexity index is 304. The van der Waals surface area contributed by atoms with Crippen LogP contribution >= 0.6 is 23.5 Å². The molecule has 4 nitrogen and oxygen atoms in total.